The SMILES string of the molecule is Br.CCCc1cc(Br)c2cc(Cl)c(Cl)cc2n1. The van der Waals surface area contributed by atoms with E-state index in [-0.39, 0.29) is 17.0 Å². The molecule has 0 N–H and O–H groups in total. The standard InChI is InChI=1S/C12H10BrCl2N.BrH/c1-2-3-7-4-9(13)8-5-10(14)11(15)6-12(8)16-7;/h4-6H,2-3H2,1H3;1H. The fourth-order valence-corrected chi connectivity index (χ4v) is 2.52. The first-order chi connectivity index (χ1) is 7.61. The van der Waals surface area contributed by atoms with E-state index in [0.717, 1.165) is 33.9 Å². The van der Waals surface area contributed by atoms with Crippen LogP contribution in [0.25, 0.3) is 10.9 Å². The molecule has 0 aliphatic heterocycles. The Morgan fingerprint density at radius 1 is 1.18 bits per heavy atom. The molecule has 1 heterocycles. The molecule has 0 radical (unpaired) electrons. The fourth-order valence-electron chi connectivity index (χ4n) is 1.62. The smallest absolute Gasteiger partial charge is 0.0732 e. The van der Waals surface area contributed by atoms with Gasteiger partial charge >= 0.3 is 0 Å². The molecule has 92 valence electrons. The maximum Gasteiger partial charge on any atom is 0.0732 e. The van der Waals surface area contributed by atoms with Crippen molar-refractivity contribution in [2.45, 2.75) is 19.8 Å². The van der Waals surface area contributed by atoms with Crippen LogP contribution >= 0.6 is 56.1 Å². The molecule has 17 heavy (non-hydrogen) atoms. The molecule has 0 fully saturated rings. The summed E-state index contributed by atoms with van der Waals surface area (Å²) in [6, 6.07) is 5.69. The first-order valence-electron chi connectivity index (χ1n) is 5.06. The first kappa shape index (κ1) is 15.2. The van der Waals surface area contributed by atoms with E-state index < -0.39 is 0 Å². The van der Waals surface area contributed by atoms with E-state index in [0.29, 0.717) is 10.0 Å². The predicted molar refractivity (Wildman–Crippen MR) is 83.8 cm³/mol. The Labute approximate surface area is 129 Å². The van der Waals surface area contributed by atoms with Gasteiger partial charge in [0.1, 0.15) is 0 Å². The molecule has 1 aromatic carbocycles. The lowest BCUT2D eigenvalue weighted by atomic mass is 10.1. The zero-order chi connectivity index (χ0) is 11.7. The van der Waals surface area contributed by atoms with Gasteiger partial charge < -0.3 is 0 Å². The van der Waals surface area contributed by atoms with E-state index in [1.807, 2.05) is 18.2 Å². The van der Waals surface area contributed by atoms with Crippen LogP contribution in [0.15, 0.2) is 22.7 Å². The summed E-state index contributed by atoms with van der Waals surface area (Å²) in [5, 5.41) is 2.09. The molecule has 0 saturated heterocycles. The topological polar surface area (TPSA) is 12.9 Å². The zero-order valence-corrected chi connectivity index (χ0v) is 13.9. The average Bonchev–Trinajstić information content (AvgIpc) is 2.22. The van der Waals surface area contributed by atoms with Gasteiger partial charge in [0.15, 0.2) is 0 Å². The second-order valence-electron chi connectivity index (χ2n) is 3.63. The minimum atomic E-state index is 0. The number of halogens is 4. The molecule has 0 saturated carbocycles. The Morgan fingerprint density at radius 2 is 1.82 bits per heavy atom. The van der Waals surface area contributed by atoms with E-state index in [4.69, 9.17) is 23.2 Å². The summed E-state index contributed by atoms with van der Waals surface area (Å²) >= 11 is 15.5. The molecule has 2 aromatic rings. The van der Waals surface area contributed by atoms with Crippen LogP contribution in [0, 0.1) is 0 Å². The normalized spacial score (nSPS) is 10.4. The molecule has 5 heteroatoms. The molecule has 2 rings (SSSR count). The quantitative estimate of drug-likeness (QED) is 0.618. The number of hydrogen-bond donors (Lipinski definition) is 0. The second-order valence-corrected chi connectivity index (χ2v) is 5.30. The molecule has 0 atom stereocenters. The number of nitrogens with zero attached hydrogens (tertiary/aromatic N) is 1. The van der Waals surface area contributed by atoms with Gasteiger partial charge in [-0.2, -0.15) is 0 Å². The van der Waals surface area contributed by atoms with Crippen molar-refractivity contribution in [1.29, 1.82) is 0 Å². The number of benzene rings is 1. The van der Waals surface area contributed by atoms with Crippen LogP contribution in [0.4, 0.5) is 0 Å². The lowest BCUT2D eigenvalue weighted by Crippen LogP contribution is -1.91. The number of pyridine rings is 1. The molecule has 0 spiro atoms. The largest absolute Gasteiger partial charge is 0.253 e. The number of hydrogen-bond acceptors (Lipinski definition) is 1. The highest BCUT2D eigenvalue weighted by Crippen LogP contribution is 2.31. The summed E-state index contributed by atoms with van der Waals surface area (Å²) < 4.78 is 1.01. The van der Waals surface area contributed by atoms with Gasteiger partial charge in [-0.3, -0.25) is 4.98 Å². The Bertz CT molecular complexity index is 544. The average molecular weight is 400 g/mol. The Morgan fingerprint density at radius 3 is 2.47 bits per heavy atom. The summed E-state index contributed by atoms with van der Waals surface area (Å²) in [4.78, 5) is 4.55. The van der Waals surface area contributed by atoms with E-state index in [9.17, 15) is 0 Å². The summed E-state index contributed by atoms with van der Waals surface area (Å²) in [6.45, 7) is 2.13. The van der Waals surface area contributed by atoms with E-state index >= 15 is 0 Å². The van der Waals surface area contributed by atoms with Crippen molar-refractivity contribution >= 4 is 67.0 Å². The minimum absolute atomic E-state index is 0. The fraction of sp³-hybridized carbons (Fsp3) is 0.250. The van der Waals surface area contributed by atoms with E-state index in [2.05, 4.69) is 27.8 Å². The number of aromatic nitrogens is 1. The second kappa shape index (κ2) is 6.37. The van der Waals surface area contributed by atoms with Crippen molar-refractivity contribution in [3.05, 3.63) is 38.4 Å². The molecule has 0 aliphatic rings. The van der Waals surface area contributed by atoms with Gasteiger partial charge in [0.25, 0.3) is 0 Å². The summed E-state index contributed by atoms with van der Waals surface area (Å²) in [5.74, 6) is 0. The minimum Gasteiger partial charge on any atom is -0.253 e. The van der Waals surface area contributed by atoms with E-state index in [1.54, 1.807) is 0 Å². The van der Waals surface area contributed by atoms with Crippen molar-refractivity contribution in [2.75, 3.05) is 0 Å². The van der Waals surface area contributed by atoms with Gasteiger partial charge in [0.2, 0.25) is 0 Å². The third-order valence-corrected chi connectivity index (χ3v) is 3.74. The highest BCUT2D eigenvalue weighted by atomic mass is 79.9. The molecule has 0 bridgehead atoms. The maximum atomic E-state index is 5.98. The number of aryl methyl sites for hydroxylation is 1. The van der Waals surface area contributed by atoms with E-state index in [1.165, 1.54) is 0 Å². The zero-order valence-electron chi connectivity index (χ0n) is 9.14. The molecule has 1 aromatic heterocycles. The van der Waals surface area contributed by atoms with Crippen LogP contribution in [0.5, 0.6) is 0 Å². The van der Waals surface area contributed by atoms with Crippen LogP contribution < -0.4 is 0 Å². The van der Waals surface area contributed by atoms with Crippen molar-refractivity contribution in [3.8, 4) is 0 Å². The van der Waals surface area contributed by atoms with Crippen LogP contribution in [-0.2, 0) is 6.42 Å². The first-order valence-corrected chi connectivity index (χ1v) is 6.61. The highest BCUT2D eigenvalue weighted by Gasteiger charge is 2.07. The Balaban J connectivity index is 0.00000144. The Kier molecular flexibility index (Phi) is 5.71. The lowest BCUT2D eigenvalue weighted by Gasteiger charge is -2.06. The van der Waals surface area contributed by atoms with Gasteiger partial charge in [0, 0.05) is 15.6 Å². The molecule has 1 nitrogen and oxygen atoms in total. The van der Waals surface area contributed by atoms with Gasteiger partial charge in [-0.15, -0.1) is 17.0 Å². The molecular formula is C12H11Br2Cl2N. The van der Waals surface area contributed by atoms with Crippen molar-refractivity contribution in [1.82, 2.24) is 4.98 Å². The van der Waals surface area contributed by atoms with Crippen molar-refractivity contribution in [3.63, 3.8) is 0 Å². The monoisotopic (exact) mass is 397 g/mol. The Hall–Kier alpha value is 0.170. The van der Waals surface area contributed by atoms with Gasteiger partial charge in [0.05, 0.1) is 15.6 Å². The van der Waals surface area contributed by atoms with Crippen molar-refractivity contribution in [2.24, 2.45) is 0 Å². The van der Waals surface area contributed by atoms with Gasteiger partial charge in [-0.25, -0.2) is 0 Å². The third-order valence-electron chi connectivity index (χ3n) is 2.36. The predicted octanol–water partition coefficient (Wildman–Crippen LogP) is 5.83. The van der Waals surface area contributed by atoms with Crippen LogP contribution in [0.3, 0.4) is 0 Å². The van der Waals surface area contributed by atoms with Crippen LogP contribution in [0.1, 0.15) is 19.0 Å². The summed E-state index contributed by atoms with van der Waals surface area (Å²) in [5.41, 5.74) is 1.95. The van der Waals surface area contributed by atoms with Gasteiger partial charge in [-0.1, -0.05) is 52.5 Å². The van der Waals surface area contributed by atoms with Gasteiger partial charge in [-0.05, 0) is 24.6 Å². The molecule has 0 amide bonds. The summed E-state index contributed by atoms with van der Waals surface area (Å²) in [6.07, 6.45) is 2.04. The third kappa shape index (κ3) is 3.34. The molecule has 0 unspecified atom stereocenters. The maximum absolute atomic E-state index is 5.98. The highest BCUT2D eigenvalue weighted by molar-refractivity contribution is 9.10. The number of rotatable bonds is 2. The number of fused-ring (bicyclic) bond motifs is 1. The van der Waals surface area contributed by atoms with Crippen LogP contribution in [0.2, 0.25) is 10.0 Å². The summed E-state index contributed by atoms with van der Waals surface area (Å²) in [7, 11) is 0. The van der Waals surface area contributed by atoms with Crippen molar-refractivity contribution < 1.29 is 0 Å². The van der Waals surface area contributed by atoms with Crippen LogP contribution in [-0.4, -0.2) is 4.98 Å². The molecule has 0 aliphatic carbocycles. The molecular weight excluding hydrogens is 389 g/mol. The lowest BCUT2D eigenvalue weighted by molar-refractivity contribution is 0.889.